The maximum atomic E-state index is 11.5. The first-order valence-corrected chi connectivity index (χ1v) is 6.77. The minimum atomic E-state index is -0.0593. The predicted octanol–water partition coefficient (Wildman–Crippen LogP) is 2.38. The highest BCUT2D eigenvalue weighted by molar-refractivity contribution is 5.92. The molecule has 0 bridgehead atoms. The summed E-state index contributed by atoms with van der Waals surface area (Å²) in [4.78, 5) is 15.8. The largest absolute Gasteiger partial charge is 0.440 e. The van der Waals surface area contributed by atoms with Crippen LogP contribution in [0.2, 0.25) is 0 Å². The van der Waals surface area contributed by atoms with Crippen LogP contribution in [0.5, 0.6) is 0 Å². The van der Waals surface area contributed by atoms with Crippen molar-refractivity contribution in [2.45, 2.75) is 18.8 Å². The third-order valence-electron chi connectivity index (χ3n) is 3.24. The molecule has 0 radical (unpaired) electrons. The highest BCUT2D eigenvalue weighted by Gasteiger charge is 2.28. The van der Waals surface area contributed by atoms with Crippen LogP contribution < -0.4 is 10.6 Å². The normalized spacial score (nSPS) is 14.2. The van der Waals surface area contributed by atoms with Crippen molar-refractivity contribution >= 4 is 11.6 Å². The number of oxazole rings is 1. The maximum Gasteiger partial charge on any atom is 0.238 e. The molecule has 0 atom stereocenters. The molecule has 0 unspecified atom stereocenters. The van der Waals surface area contributed by atoms with Gasteiger partial charge in [-0.05, 0) is 44.2 Å². The number of nitrogens with zero attached hydrogens (tertiary/aromatic N) is 1. The van der Waals surface area contributed by atoms with Gasteiger partial charge in [-0.2, -0.15) is 0 Å². The Morgan fingerprint density at radius 3 is 2.75 bits per heavy atom. The van der Waals surface area contributed by atoms with Gasteiger partial charge in [-0.3, -0.25) is 4.79 Å². The van der Waals surface area contributed by atoms with Crippen molar-refractivity contribution in [3.8, 4) is 11.3 Å². The van der Waals surface area contributed by atoms with E-state index in [9.17, 15) is 4.79 Å². The number of likely N-dealkylation sites (N-methyl/N-ethyl adjacent to an activating group) is 1. The fourth-order valence-corrected chi connectivity index (χ4v) is 2.02. The molecule has 5 nitrogen and oxygen atoms in total. The molecule has 104 valence electrons. The molecule has 1 heterocycles. The lowest BCUT2D eigenvalue weighted by molar-refractivity contribution is -0.115. The Kier molecular flexibility index (Phi) is 3.52. The minimum absolute atomic E-state index is 0.0593. The smallest absolute Gasteiger partial charge is 0.238 e. The van der Waals surface area contributed by atoms with Crippen molar-refractivity contribution in [3.05, 3.63) is 36.4 Å². The highest BCUT2D eigenvalue weighted by Crippen LogP contribution is 2.40. The molecule has 1 amide bonds. The van der Waals surface area contributed by atoms with E-state index in [1.165, 1.54) is 12.8 Å². The zero-order chi connectivity index (χ0) is 13.9. The highest BCUT2D eigenvalue weighted by atomic mass is 16.4. The summed E-state index contributed by atoms with van der Waals surface area (Å²) < 4.78 is 5.74. The van der Waals surface area contributed by atoms with Gasteiger partial charge in [0.15, 0.2) is 11.7 Å². The summed E-state index contributed by atoms with van der Waals surface area (Å²) in [6.45, 7) is 0.300. The fourth-order valence-electron chi connectivity index (χ4n) is 2.02. The quantitative estimate of drug-likeness (QED) is 0.876. The number of anilines is 1. The number of carbonyl (C=O) groups is 1. The second-order valence-corrected chi connectivity index (χ2v) is 4.99. The fraction of sp³-hybridized carbons (Fsp3) is 0.333. The molecule has 1 aromatic heterocycles. The second-order valence-electron chi connectivity index (χ2n) is 4.99. The number of hydrogen-bond acceptors (Lipinski definition) is 4. The zero-order valence-electron chi connectivity index (χ0n) is 11.3. The Morgan fingerprint density at radius 2 is 2.10 bits per heavy atom. The molecule has 3 rings (SSSR count). The number of hydrogen-bond donors (Lipinski definition) is 2. The van der Waals surface area contributed by atoms with Gasteiger partial charge >= 0.3 is 0 Å². The van der Waals surface area contributed by atoms with Crippen molar-refractivity contribution < 1.29 is 9.21 Å². The van der Waals surface area contributed by atoms with Gasteiger partial charge in [0.2, 0.25) is 5.91 Å². The molecule has 1 aliphatic rings. The SMILES string of the molecule is CNCC(=O)Nc1ccc(-c2cnc(C3CC3)o2)cc1. The van der Waals surface area contributed by atoms with Crippen LogP contribution in [0, 0.1) is 0 Å². The molecule has 2 N–H and O–H groups in total. The van der Waals surface area contributed by atoms with Crippen LogP contribution in [-0.4, -0.2) is 24.5 Å². The number of amides is 1. The van der Waals surface area contributed by atoms with E-state index in [1.54, 1.807) is 13.2 Å². The summed E-state index contributed by atoms with van der Waals surface area (Å²) in [5.74, 6) is 2.08. The van der Waals surface area contributed by atoms with Crippen LogP contribution in [0.25, 0.3) is 11.3 Å². The van der Waals surface area contributed by atoms with Crippen molar-refractivity contribution in [2.24, 2.45) is 0 Å². The molecular formula is C15H17N3O2. The standard InChI is InChI=1S/C15H17N3O2/c1-16-9-14(19)18-12-6-4-10(5-7-12)13-8-17-15(20-13)11-2-3-11/h4-8,11,16H,2-3,9H2,1H3,(H,18,19). The van der Waals surface area contributed by atoms with E-state index < -0.39 is 0 Å². The van der Waals surface area contributed by atoms with Crippen LogP contribution in [0.3, 0.4) is 0 Å². The minimum Gasteiger partial charge on any atom is -0.440 e. The summed E-state index contributed by atoms with van der Waals surface area (Å²) in [6.07, 6.45) is 4.12. The molecule has 2 aromatic rings. The van der Waals surface area contributed by atoms with E-state index in [0.29, 0.717) is 12.5 Å². The van der Waals surface area contributed by atoms with E-state index in [0.717, 1.165) is 22.9 Å². The van der Waals surface area contributed by atoms with E-state index in [2.05, 4.69) is 15.6 Å². The predicted molar refractivity (Wildman–Crippen MR) is 76.5 cm³/mol. The van der Waals surface area contributed by atoms with Crippen molar-refractivity contribution in [1.82, 2.24) is 10.3 Å². The Hall–Kier alpha value is -2.14. The Labute approximate surface area is 117 Å². The third kappa shape index (κ3) is 2.88. The van der Waals surface area contributed by atoms with Gasteiger partial charge in [0.25, 0.3) is 0 Å². The first kappa shape index (κ1) is 12.9. The topological polar surface area (TPSA) is 67.2 Å². The average molecular weight is 271 g/mol. The van der Waals surface area contributed by atoms with E-state index in [-0.39, 0.29) is 5.91 Å². The number of benzene rings is 1. The number of aromatic nitrogens is 1. The van der Waals surface area contributed by atoms with Crippen LogP contribution in [-0.2, 0) is 4.79 Å². The first-order chi connectivity index (χ1) is 9.76. The lowest BCUT2D eigenvalue weighted by atomic mass is 10.2. The second kappa shape index (κ2) is 5.46. The van der Waals surface area contributed by atoms with Crippen molar-refractivity contribution in [3.63, 3.8) is 0 Å². The summed E-state index contributed by atoms with van der Waals surface area (Å²) in [6, 6.07) is 7.57. The van der Waals surface area contributed by atoms with Gasteiger partial charge in [-0.25, -0.2) is 4.98 Å². The summed E-state index contributed by atoms with van der Waals surface area (Å²) >= 11 is 0. The number of rotatable bonds is 5. The van der Waals surface area contributed by atoms with Crippen molar-refractivity contribution in [1.29, 1.82) is 0 Å². The average Bonchev–Trinajstić information content (AvgIpc) is 3.18. The molecule has 0 spiro atoms. The van der Waals surface area contributed by atoms with Gasteiger partial charge in [-0.15, -0.1) is 0 Å². The molecule has 1 aromatic carbocycles. The van der Waals surface area contributed by atoms with Gasteiger partial charge in [0, 0.05) is 17.2 Å². The summed E-state index contributed by atoms with van der Waals surface area (Å²) in [5, 5.41) is 5.62. The van der Waals surface area contributed by atoms with Gasteiger partial charge in [0.1, 0.15) is 0 Å². The monoisotopic (exact) mass is 271 g/mol. The molecule has 20 heavy (non-hydrogen) atoms. The van der Waals surface area contributed by atoms with E-state index >= 15 is 0 Å². The molecule has 1 fully saturated rings. The maximum absolute atomic E-state index is 11.5. The van der Waals surface area contributed by atoms with Crippen LogP contribution in [0.4, 0.5) is 5.69 Å². The Bertz CT molecular complexity index is 600. The van der Waals surface area contributed by atoms with Crippen molar-refractivity contribution in [2.75, 3.05) is 18.9 Å². The molecule has 5 heteroatoms. The third-order valence-corrected chi connectivity index (χ3v) is 3.24. The molecule has 1 saturated carbocycles. The Morgan fingerprint density at radius 1 is 1.35 bits per heavy atom. The molecule has 1 aliphatic carbocycles. The first-order valence-electron chi connectivity index (χ1n) is 6.77. The zero-order valence-corrected chi connectivity index (χ0v) is 11.3. The number of carbonyl (C=O) groups excluding carboxylic acids is 1. The molecular weight excluding hydrogens is 254 g/mol. The van der Waals surface area contributed by atoms with E-state index in [4.69, 9.17) is 4.42 Å². The summed E-state index contributed by atoms with van der Waals surface area (Å²) in [7, 11) is 1.74. The van der Waals surface area contributed by atoms with Gasteiger partial charge in [0.05, 0.1) is 12.7 Å². The van der Waals surface area contributed by atoms with Gasteiger partial charge < -0.3 is 15.1 Å². The molecule has 0 aliphatic heterocycles. The van der Waals surface area contributed by atoms with Crippen LogP contribution >= 0.6 is 0 Å². The summed E-state index contributed by atoms with van der Waals surface area (Å²) in [5.41, 5.74) is 1.74. The number of nitrogens with one attached hydrogen (secondary N) is 2. The van der Waals surface area contributed by atoms with Crippen LogP contribution in [0.1, 0.15) is 24.7 Å². The Balaban J connectivity index is 1.69. The molecule has 0 saturated heterocycles. The van der Waals surface area contributed by atoms with Gasteiger partial charge in [-0.1, -0.05) is 0 Å². The lowest BCUT2D eigenvalue weighted by Crippen LogP contribution is -2.24. The van der Waals surface area contributed by atoms with Crippen LogP contribution in [0.15, 0.2) is 34.9 Å². The lowest BCUT2D eigenvalue weighted by Gasteiger charge is -2.05. The van der Waals surface area contributed by atoms with E-state index in [1.807, 2.05) is 24.3 Å².